The lowest BCUT2D eigenvalue weighted by atomic mass is 9.80. The van der Waals surface area contributed by atoms with Crippen molar-refractivity contribution in [2.75, 3.05) is 0 Å². The Labute approximate surface area is 125 Å². The molecular formula is C17H22N2O2. The van der Waals surface area contributed by atoms with Crippen LogP contribution < -0.4 is 0 Å². The van der Waals surface area contributed by atoms with Crippen molar-refractivity contribution < 1.29 is 9.63 Å². The number of phenolic OH excluding ortho intramolecular Hbond substituents is 1. The Morgan fingerprint density at radius 2 is 1.86 bits per heavy atom. The molecule has 3 rings (SSSR count). The van der Waals surface area contributed by atoms with Gasteiger partial charge in [0, 0.05) is 5.92 Å². The van der Waals surface area contributed by atoms with Crippen molar-refractivity contribution in [1.82, 2.24) is 10.1 Å². The SMILES string of the molecule is CCC1CCC(c2noc(Cc3ccc(O)cc3)n2)CC1. The van der Waals surface area contributed by atoms with Crippen LogP contribution in [-0.2, 0) is 6.42 Å². The third-order valence-corrected chi connectivity index (χ3v) is 4.56. The van der Waals surface area contributed by atoms with Gasteiger partial charge in [-0.1, -0.05) is 30.6 Å². The predicted molar refractivity (Wildman–Crippen MR) is 80.2 cm³/mol. The lowest BCUT2D eigenvalue weighted by Gasteiger charge is -2.25. The fraction of sp³-hybridized carbons (Fsp3) is 0.529. The van der Waals surface area contributed by atoms with Crippen LogP contribution in [0, 0.1) is 5.92 Å². The van der Waals surface area contributed by atoms with Gasteiger partial charge in [0.05, 0.1) is 6.42 Å². The Hall–Kier alpha value is -1.84. The molecule has 1 aliphatic rings. The third kappa shape index (κ3) is 3.43. The number of aromatic hydroxyl groups is 1. The zero-order chi connectivity index (χ0) is 14.7. The molecule has 1 N–H and O–H groups in total. The van der Waals surface area contributed by atoms with Gasteiger partial charge in [0.2, 0.25) is 5.89 Å². The number of nitrogens with zero attached hydrogens (tertiary/aromatic N) is 2. The van der Waals surface area contributed by atoms with E-state index >= 15 is 0 Å². The average Bonchev–Trinajstić information content (AvgIpc) is 2.98. The highest BCUT2D eigenvalue weighted by molar-refractivity contribution is 5.27. The van der Waals surface area contributed by atoms with E-state index in [1.807, 2.05) is 12.1 Å². The molecule has 0 unspecified atom stereocenters. The van der Waals surface area contributed by atoms with Crippen molar-refractivity contribution in [2.24, 2.45) is 5.92 Å². The third-order valence-electron chi connectivity index (χ3n) is 4.56. The number of rotatable bonds is 4. The zero-order valence-corrected chi connectivity index (χ0v) is 12.5. The van der Waals surface area contributed by atoms with Gasteiger partial charge in [-0.15, -0.1) is 0 Å². The molecule has 1 heterocycles. The van der Waals surface area contributed by atoms with Crippen LogP contribution in [0.4, 0.5) is 0 Å². The topological polar surface area (TPSA) is 59.2 Å². The first-order valence-corrected chi connectivity index (χ1v) is 7.85. The molecule has 112 valence electrons. The van der Waals surface area contributed by atoms with Crippen molar-refractivity contribution in [3.05, 3.63) is 41.5 Å². The van der Waals surface area contributed by atoms with Crippen LogP contribution in [0.25, 0.3) is 0 Å². The Morgan fingerprint density at radius 1 is 1.14 bits per heavy atom. The van der Waals surface area contributed by atoms with E-state index in [4.69, 9.17) is 4.52 Å². The van der Waals surface area contributed by atoms with Crippen LogP contribution in [0.5, 0.6) is 5.75 Å². The summed E-state index contributed by atoms with van der Waals surface area (Å²) in [6.07, 6.45) is 6.82. The molecule has 1 saturated carbocycles. The monoisotopic (exact) mass is 286 g/mol. The van der Waals surface area contributed by atoms with E-state index in [1.54, 1.807) is 12.1 Å². The molecule has 0 atom stereocenters. The lowest BCUT2D eigenvalue weighted by molar-refractivity contribution is 0.303. The summed E-state index contributed by atoms with van der Waals surface area (Å²) in [5.41, 5.74) is 1.07. The summed E-state index contributed by atoms with van der Waals surface area (Å²) >= 11 is 0. The first-order chi connectivity index (χ1) is 10.2. The molecule has 0 spiro atoms. The minimum atomic E-state index is 0.276. The van der Waals surface area contributed by atoms with Gasteiger partial charge in [-0.2, -0.15) is 4.98 Å². The summed E-state index contributed by atoms with van der Waals surface area (Å²) in [4.78, 5) is 4.56. The Morgan fingerprint density at radius 3 is 2.52 bits per heavy atom. The van der Waals surface area contributed by atoms with Crippen molar-refractivity contribution in [3.63, 3.8) is 0 Å². The maximum Gasteiger partial charge on any atom is 0.231 e. The van der Waals surface area contributed by atoms with Crippen LogP contribution in [0.3, 0.4) is 0 Å². The second-order valence-electron chi connectivity index (χ2n) is 6.02. The maximum absolute atomic E-state index is 9.29. The van der Waals surface area contributed by atoms with E-state index < -0.39 is 0 Å². The maximum atomic E-state index is 9.29. The number of hydrogen-bond donors (Lipinski definition) is 1. The molecule has 1 aromatic heterocycles. The molecule has 1 fully saturated rings. The smallest absolute Gasteiger partial charge is 0.231 e. The van der Waals surface area contributed by atoms with Gasteiger partial charge >= 0.3 is 0 Å². The van der Waals surface area contributed by atoms with Gasteiger partial charge in [-0.3, -0.25) is 0 Å². The van der Waals surface area contributed by atoms with Gasteiger partial charge in [0.15, 0.2) is 5.82 Å². The predicted octanol–water partition coefficient (Wildman–Crippen LogP) is 4.05. The first-order valence-electron chi connectivity index (χ1n) is 7.85. The first kappa shape index (κ1) is 14.1. The second kappa shape index (κ2) is 6.29. The molecule has 0 amide bonds. The molecule has 1 aliphatic carbocycles. The minimum Gasteiger partial charge on any atom is -0.508 e. The van der Waals surface area contributed by atoms with Gasteiger partial charge in [0.1, 0.15) is 5.75 Å². The molecular weight excluding hydrogens is 264 g/mol. The second-order valence-corrected chi connectivity index (χ2v) is 6.02. The van der Waals surface area contributed by atoms with E-state index in [1.165, 1.54) is 32.1 Å². The molecule has 4 nitrogen and oxygen atoms in total. The molecule has 1 aromatic carbocycles. The molecule has 21 heavy (non-hydrogen) atoms. The highest BCUT2D eigenvalue weighted by Gasteiger charge is 2.25. The molecule has 4 heteroatoms. The largest absolute Gasteiger partial charge is 0.508 e. The number of benzene rings is 1. The highest BCUT2D eigenvalue weighted by Crippen LogP contribution is 2.35. The van der Waals surface area contributed by atoms with E-state index in [2.05, 4.69) is 17.1 Å². The normalized spacial score (nSPS) is 22.3. The Kier molecular flexibility index (Phi) is 4.23. The van der Waals surface area contributed by atoms with Crippen LogP contribution in [0.2, 0.25) is 0 Å². The Balaban J connectivity index is 1.62. The van der Waals surface area contributed by atoms with Crippen LogP contribution in [-0.4, -0.2) is 15.2 Å². The van der Waals surface area contributed by atoms with E-state index in [0.717, 1.165) is 17.3 Å². The summed E-state index contributed by atoms with van der Waals surface area (Å²) in [6, 6.07) is 7.12. The zero-order valence-electron chi connectivity index (χ0n) is 12.5. The summed E-state index contributed by atoms with van der Waals surface area (Å²) in [6.45, 7) is 2.27. The molecule has 0 radical (unpaired) electrons. The summed E-state index contributed by atoms with van der Waals surface area (Å²) < 4.78 is 5.38. The number of hydrogen-bond acceptors (Lipinski definition) is 4. The lowest BCUT2D eigenvalue weighted by Crippen LogP contribution is -2.13. The highest BCUT2D eigenvalue weighted by atomic mass is 16.5. The van der Waals surface area contributed by atoms with Crippen molar-refractivity contribution in [2.45, 2.75) is 51.4 Å². The molecule has 2 aromatic rings. The van der Waals surface area contributed by atoms with Gasteiger partial charge in [-0.05, 0) is 49.3 Å². The fourth-order valence-electron chi connectivity index (χ4n) is 3.12. The van der Waals surface area contributed by atoms with Crippen LogP contribution in [0.15, 0.2) is 28.8 Å². The van der Waals surface area contributed by atoms with Gasteiger partial charge in [-0.25, -0.2) is 0 Å². The summed E-state index contributed by atoms with van der Waals surface area (Å²) in [7, 11) is 0. The van der Waals surface area contributed by atoms with Gasteiger partial charge < -0.3 is 9.63 Å². The van der Waals surface area contributed by atoms with E-state index in [9.17, 15) is 5.11 Å². The Bertz CT molecular complexity index is 569. The molecule has 0 saturated heterocycles. The van der Waals surface area contributed by atoms with Gasteiger partial charge in [0.25, 0.3) is 0 Å². The number of phenols is 1. The average molecular weight is 286 g/mol. The van der Waals surface area contributed by atoms with Crippen molar-refractivity contribution in [3.8, 4) is 5.75 Å². The van der Waals surface area contributed by atoms with Crippen molar-refractivity contribution >= 4 is 0 Å². The fourth-order valence-corrected chi connectivity index (χ4v) is 3.12. The standard InChI is InChI=1S/C17H22N2O2/c1-2-12-3-7-14(8-4-12)17-18-16(21-19-17)11-13-5-9-15(20)10-6-13/h5-6,9-10,12,14,20H,2-4,7-8,11H2,1H3. The van der Waals surface area contributed by atoms with E-state index in [-0.39, 0.29) is 5.75 Å². The van der Waals surface area contributed by atoms with Crippen LogP contribution in [0.1, 0.15) is 62.2 Å². The summed E-state index contributed by atoms with van der Waals surface area (Å²) in [5.74, 6) is 3.15. The minimum absolute atomic E-state index is 0.276. The van der Waals surface area contributed by atoms with Crippen molar-refractivity contribution in [1.29, 1.82) is 0 Å². The van der Waals surface area contributed by atoms with Crippen LogP contribution >= 0.6 is 0 Å². The molecule has 0 aliphatic heterocycles. The van der Waals surface area contributed by atoms with E-state index in [0.29, 0.717) is 18.2 Å². The quantitative estimate of drug-likeness (QED) is 0.921. The molecule has 0 bridgehead atoms. The number of aromatic nitrogens is 2. The summed E-state index contributed by atoms with van der Waals surface area (Å²) in [5, 5.41) is 13.5.